The second kappa shape index (κ2) is 82.0. The molecule has 0 rings (SSSR count). The molecule has 144 valence electrons. The number of rotatable bonds is 0. The van der Waals surface area contributed by atoms with Crippen LogP contribution in [-0.2, 0) is 45.6 Å². The van der Waals surface area contributed by atoms with E-state index in [9.17, 15) is 0 Å². The van der Waals surface area contributed by atoms with Crippen molar-refractivity contribution >= 4 is 43.5 Å². The van der Waals surface area contributed by atoms with Crippen LogP contribution in [0.1, 0.15) is 0 Å². The molecule has 0 fully saturated rings. The molecular weight excluding hydrogens is 605 g/mol. The van der Waals surface area contributed by atoms with Gasteiger partial charge in [-0.1, -0.05) is 0 Å². The van der Waals surface area contributed by atoms with Crippen molar-refractivity contribution in [1.29, 1.82) is 0 Å². The van der Waals surface area contributed by atoms with Gasteiger partial charge in [-0.3, -0.25) is 0 Å². The third-order valence-corrected chi connectivity index (χ3v) is 0. The smallest absolute Gasteiger partial charge is 3.00 e. The Hall–Kier alpha value is 1.48. The van der Waals surface area contributed by atoms with Crippen LogP contribution in [0.25, 0.3) is 0 Å². The Morgan fingerprint density at radius 2 is 0.381 bits per heavy atom. The molecule has 0 aliphatic heterocycles. The van der Waals surface area contributed by atoms with E-state index in [1.165, 1.54) is 0 Å². The van der Waals surface area contributed by atoms with Crippen LogP contribution >= 0.6 is 0 Å². The maximum Gasteiger partial charge on any atom is 3.00 e. The second-order valence-corrected chi connectivity index (χ2v) is 3.18. The van der Waals surface area contributed by atoms with Crippen LogP contribution in [0.2, 0.25) is 0 Å². The third kappa shape index (κ3) is 3730. The standard InChI is InChI=1S/2Fe.3H2O3Se.7H2O/c;;3*1-4(2)3;;;;;;;/h;;3*(H2,1,2,3);7*1H2/q2*+3;;;;;;;;;;/p-6. The van der Waals surface area contributed by atoms with Gasteiger partial charge in [0.15, 0.2) is 0 Å². The average molecular weight is 619 g/mol. The van der Waals surface area contributed by atoms with E-state index in [1.807, 2.05) is 0 Å². The molecule has 0 aromatic rings. The van der Waals surface area contributed by atoms with Crippen LogP contribution in [0, 0.1) is 0 Å². The Balaban J connectivity index is -0.00000000476. The van der Waals surface area contributed by atoms with Crippen LogP contribution in [0.3, 0.4) is 0 Å². The maximum absolute atomic E-state index is 8.54. The van der Waals surface area contributed by atoms with E-state index in [0.29, 0.717) is 0 Å². The molecule has 0 aliphatic rings. The molecule has 21 heteroatoms. The fourth-order valence-corrected chi connectivity index (χ4v) is 0. The van der Waals surface area contributed by atoms with Gasteiger partial charge in [-0.2, -0.15) is 0 Å². The molecule has 21 heavy (non-hydrogen) atoms. The van der Waals surface area contributed by atoms with Crippen LogP contribution in [0.4, 0.5) is 0 Å². The Bertz CT molecular complexity index is 119. The van der Waals surface area contributed by atoms with E-state index in [-0.39, 0.29) is 72.5 Å². The summed E-state index contributed by atoms with van der Waals surface area (Å²) in [5.74, 6) is 0. The minimum absolute atomic E-state index is 0. The molecule has 0 heterocycles. The zero-order valence-electron chi connectivity index (χ0n) is 9.11. The van der Waals surface area contributed by atoms with Crippen LogP contribution in [0.5, 0.6) is 0 Å². The summed E-state index contributed by atoms with van der Waals surface area (Å²) in [4.78, 5) is 0. The quantitative estimate of drug-likeness (QED) is 0.232. The predicted molar refractivity (Wildman–Crippen MR) is 44.6 cm³/mol. The van der Waals surface area contributed by atoms with Gasteiger partial charge < -0.3 is 38.3 Å². The van der Waals surface area contributed by atoms with Crippen LogP contribution in [0.15, 0.2) is 0 Å². The van der Waals surface area contributed by atoms with Crippen molar-refractivity contribution in [1.82, 2.24) is 0 Å². The molecule has 0 saturated carbocycles. The van der Waals surface area contributed by atoms with Crippen molar-refractivity contribution in [2.45, 2.75) is 0 Å². The first-order valence-corrected chi connectivity index (χ1v) is 7.79. The number of hydrogen-bond donors (Lipinski definition) is 0. The van der Waals surface area contributed by atoms with Crippen molar-refractivity contribution in [3.05, 3.63) is 0 Å². The molecule has 0 spiro atoms. The summed E-state index contributed by atoms with van der Waals surface area (Å²) in [6.07, 6.45) is 0. The minimum atomic E-state index is -3.79. The summed E-state index contributed by atoms with van der Waals surface area (Å²) in [5.41, 5.74) is 0. The Morgan fingerprint density at radius 1 is 0.381 bits per heavy atom. The van der Waals surface area contributed by atoms with E-state index in [1.54, 1.807) is 0 Å². The Morgan fingerprint density at radius 3 is 0.381 bits per heavy atom. The largest absolute Gasteiger partial charge is 3.00 e. The van der Waals surface area contributed by atoms with Gasteiger partial charge in [-0.25, -0.2) is 0 Å². The number of hydrogen-bond acceptors (Lipinski definition) is 9. The minimum Gasteiger partial charge on any atom is 3.00 e. The zero-order chi connectivity index (χ0) is 10.7. The van der Waals surface area contributed by atoms with Crippen molar-refractivity contribution in [3.63, 3.8) is 0 Å². The van der Waals surface area contributed by atoms with Gasteiger partial charge in [0.05, 0.1) is 0 Å². The molecule has 16 nitrogen and oxygen atoms in total. The van der Waals surface area contributed by atoms with Crippen molar-refractivity contribution in [3.8, 4) is 0 Å². The van der Waals surface area contributed by atoms with Gasteiger partial charge in [0.25, 0.3) is 0 Å². The molecule has 0 amide bonds. The summed E-state index contributed by atoms with van der Waals surface area (Å²) < 4.78 is 76.9. The summed E-state index contributed by atoms with van der Waals surface area (Å²) in [6.45, 7) is 0. The van der Waals surface area contributed by atoms with Crippen molar-refractivity contribution < 1.29 is 109 Å². The first-order chi connectivity index (χ1) is 5.20. The molecular formula is H14Fe2O16Se3. The fourth-order valence-electron chi connectivity index (χ4n) is 0. The Labute approximate surface area is 152 Å². The monoisotopic (exact) mass is 622 g/mol. The molecule has 14 N–H and O–H groups in total. The molecule has 0 unspecified atom stereocenters. The van der Waals surface area contributed by atoms with Gasteiger partial charge in [0.2, 0.25) is 0 Å². The van der Waals surface area contributed by atoms with E-state index in [2.05, 4.69) is 0 Å². The second-order valence-electron chi connectivity index (χ2n) is 0.612. The van der Waals surface area contributed by atoms with E-state index >= 15 is 0 Å². The average Bonchev–Trinajstić information content (AvgIpc) is 1.54. The van der Waals surface area contributed by atoms with Gasteiger partial charge in [0.1, 0.15) is 0 Å². The zero-order valence-corrected chi connectivity index (χ0v) is 16.5. The van der Waals surface area contributed by atoms with E-state index in [4.69, 9.17) is 36.6 Å². The summed E-state index contributed by atoms with van der Waals surface area (Å²) in [6, 6.07) is 0. The van der Waals surface area contributed by atoms with Crippen molar-refractivity contribution in [2.75, 3.05) is 0 Å². The SMILES string of the molecule is O.O.O.O.O.O.O.O=[Se]([O-])[O-].O=[Se]([O-])[O-].O=[Se]([O-])[O-].[Fe+3].[Fe+3]. The summed E-state index contributed by atoms with van der Waals surface area (Å²) in [5, 5.41) is 0. The van der Waals surface area contributed by atoms with Gasteiger partial charge in [-0.05, 0) is 0 Å². The topological polar surface area (TPSA) is 410 Å². The van der Waals surface area contributed by atoms with Crippen LogP contribution < -0.4 is 25.1 Å². The fraction of sp³-hybridized carbons (Fsp3) is 0. The normalized spacial score (nSPS) is 5.00. The molecule has 0 aliphatic carbocycles. The third-order valence-electron chi connectivity index (χ3n) is 0. The van der Waals surface area contributed by atoms with Crippen molar-refractivity contribution in [2.24, 2.45) is 0 Å². The molecule has 0 aromatic carbocycles. The van der Waals surface area contributed by atoms with E-state index < -0.39 is 43.5 Å². The predicted octanol–water partition coefficient (Wildman–Crippen LogP) is -14.4. The van der Waals surface area contributed by atoms with Gasteiger partial charge in [0, 0.05) is 0 Å². The molecule has 0 bridgehead atoms. The maximum atomic E-state index is 8.54. The molecule has 0 aromatic heterocycles. The van der Waals surface area contributed by atoms with Gasteiger partial charge >= 0.3 is 114 Å². The first kappa shape index (κ1) is 94.5. The Kier molecular flexibility index (Phi) is 369. The molecule has 0 saturated heterocycles. The molecule has 0 atom stereocenters. The summed E-state index contributed by atoms with van der Waals surface area (Å²) in [7, 11) is 0. The van der Waals surface area contributed by atoms with Gasteiger partial charge in [-0.15, -0.1) is 0 Å². The van der Waals surface area contributed by atoms with Crippen LogP contribution in [-0.4, -0.2) is 81.8 Å². The first-order valence-electron chi connectivity index (χ1n) is 1.50. The summed E-state index contributed by atoms with van der Waals surface area (Å²) >= 11 is -11.4. The van der Waals surface area contributed by atoms with E-state index in [0.717, 1.165) is 0 Å². The molecule has 2 radical (unpaired) electrons.